The molecule has 0 unspecified atom stereocenters. The Bertz CT molecular complexity index is 268. The highest BCUT2D eigenvalue weighted by Gasteiger charge is 2.07. The lowest BCUT2D eigenvalue weighted by atomic mass is 9.94. The smallest absolute Gasteiger partial charge is 0.0462 e. The molecule has 1 atom stereocenters. The third kappa shape index (κ3) is 6.48. The van der Waals surface area contributed by atoms with Gasteiger partial charge in [0, 0.05) is 6.61 Å². The summed E-state index contributed by atoms with van der Waals surface area (Å²) in [5, 5.41) is 9.39. The van der Waals surface area contributed by atoms with Crippen LogP contribution in [0.3, 0.4) is 0 Å². The fourth-order valence-electron chi connectivity index (χ4n) is 2.24. The van der Waals surface area contributed by atoms with E-state index in [-0.39, 0.29) is 0 Å². The number of rotatable bonds is 9. The van der Waals surface area contributed by atoms with Crippen LogP contribution < -0.4 is 0 Å². The minimum atomic E-state index is 0.322. The average molecular weight is 234 g/mol. The minimum Gasteiger partial charge on any atom is -0.396 e. The Hall–Kier alpha value is -0.820. The molecule has 0 radical (unpaired) electrons. The molecule has 0 aliphatic carbocycles. The summed E-state index contributed by atoms with van der Waals surface area (Å²) in [6.07, 6.45) is 8.76. The molecule has 1 aromatic carbocycles. The Balaban J connectivity index is 2.20. The first kappa shape index (κ1) is 14.2. The predicted octanol–water partition coefficient (Wildman–Crippen LogP) is 4.20. The van der Waals surface area contributed by atoms with Crippen molar-refractivity contribution in [1.29, 1.82) is 0 Å². The zero-order chi connectivity index (χ0) is 12.3. The van der Waals surface area contributed by atoms with Gasteiger partial charge < -0.3 is 5.11 Å². The maximum Gasteiger partial charge on any atom is 0.0462 e. The molecule has 1 heteroatoms. The summed E-state index contributed by atoms with van der Waals surface area (Å²) < 4.78 is 0. The molecule has 1 nitrogen and oxygen atoms in total. The minimum absolute atomic E-state index is 0.322. The molecule has 1 N–H and O–H groups in total. The molecule has 0 saturated heterocycles. The van der Waals surface area contributed by atoms with Gasteiger partial charge in [0.05, 0.1) is 0 Å². The van der Waals surface area contributed by atoms with Gasteiger partial charge in [-0.15, -0.1) is 0 Å². The Morgan fingerprint density at radius 2 is 1.71 bits per heavy atom. The second-order valence-electron chi connectivity index (χ2n) is 4.94. The molecule has 0 aromatic heterocycles. The van der Waals surface area contributed by atoms with Gasteiger partial charge in [-0.1, -0.05) is 69.4 Å². The third-order valence-corrected chi connectivity index (χ3v) is 3.34. The van der Waals surface area contributed by atoms with Crippen LogP contribution >= 0.6 is 0 Å². The first-order valence-corrected chi connectivity index (χ1v) is 7.01. The van der Waals surface area contributed by atoms with E-state index in [1.807, 2.05) is 6.07 Å². The van der Waals surface area contributed by atoms with E-state index in [4.69, 9.17) is 0 Å². The van der Waals surface area contributed by atoms with E-state index < -0.39 is 0 Å². The van der Waals surface area contributed by atoms with Crippen molar-refractivity contribution in [3.05, 3.63) is 35.9 Å². The molecule has 1 rings (SSSR count). The van der Waals surface area contributed by atoms with E-state index in [2.05, 4.69) is 31.2 Å². The fraction of sp³-hybridized carbons (Fsp3) is 0.625. The van der Waals surface area contributed by atoms with Gasteiger partial charge in [0.25, 0.3) is 0 Å². The highest BCUT2D eigenvalue weighted by atomic mass is 16.3. The molecule has 0 aliphatic heterocycles. The van der Waals surface area contributed by atoms with Crippen molar-refractivity contribution >= 4 is 0 Å². The summed E-state index contributed by atoms with van der Waals surface area (Å²) in [5.74, 6) is 0.444. The van der Waals surface area contributed by atoms with Crippen molar-refractivity contribution in [1.82, 2.24) is 0 Å². The lowest BCUT2D eigenvalue weighted by Crippen LogP contribution is -2.09. The van der Waals surface area contributed by atoms with Gasteiger partial charge in [-0.3, -0.25) is 0 Å². The summed E-state index contributed by atoms with van der Waals surface area (Å²) in [4.78, 5) is 0. The van der Waals surface area contributed by atoms with Gasteiger partial charge in [0.2, 0.25) is 0 Å². The summed E-state index contributed by atoms with van der Waals surface area (Å²) in [7, 11) is 0. The van der Waals surface area contributed by atoms with Crippen LogP contribution in [0.4, 0.5) is 0 Å². The van der Waals surface area contributed by atoms with Gasteiger partial charge in [0.1, 0.15) is 0 Å². The van der Waals surface area contributed by atoms with Gasteiger partial charge in [-0.2, -0.15) is 0 Å². The molecule has 0 amide bonds. The Morgan fingerprint density at radius 3 is 2.35 bits per heavy atom. The molecule has 0 aliphatic rings. The summed E-state index contributed by atoms with van der Waals surface area (Å²) in [5.41, 5.74) is 1.35. The molecule has 0 bridgehead atoms. The highest BCUT2D eigenvalue weighted by molar-refractivity contribution is 5.15. The number of aliphatic hydroxyl groups excluding tert-OH is 1. The standard InChI is InChI=1S/C16H26O/c1-2-3-4-5-7-12-16(14-17)13-15-10-8-6-9-11-15/h6,8-11,16-17H,2-5,7,12-14H2,1H3/t16-/m0/s1. The van der Waals surface area contributed by atoms with Crippen LogP contribution in [-0.4, -0.2) is 11.7 Å². The summed E-state index contributed by atoms with van der Waals surface area (Å²) >= 11 is 0. The van der Waals surface area contributed by atoms with Crippen LogP contribution in [0.15, 0.2) is 30.3 Å². The van der Waals surface area contributed by atoms with E-state index in [1.165, 1.54) is 37.7 Å². The van der Waals surface area contributed by atoms with Crippen LogP contribution in [0.5, 0.6) is 0 Å². The monoisotopic (exact) mass is 234 g/mol. The second kappa shape index (κ2) is 9.23. The number of hydrogen-bond acceptors (Lipinski definition) is 1. The number of benzene rings is 1. The van der Waals surface area contributed by atoms with Crippen molar-refractivity contribution in [2.45, 2.75) is 51.9 Å². The molecular formula is C16H26O. The molecule has 96 valence electrons. The summed E-state index contributed by atoms with van der Waals surface area (Å²) in [6.45, 7) is 2.56. The maximum atomic E-state index is 9.39. The zero-order valence-electron chi connectivity index (χ0n) is 11.1. The van der Waals surface area contributed by atoms with Gasteiger partial charge in [0.15, 0.2) is 0 Å². The van der Waals surface area contributed by atoms with Crippen LogP contribution in [0.1, 0.15) is 51.0 Å². The predicted molar refractivity (Wildman–Crippen MR) is 74.1 cm³/mol. The Labute approximate surface area is 106 Å². The van der Waals surface area contributed by atoms with Crippen molar-refractivity contribution in [2.24, 2.45) is 5.92 Å². The Morgan fingerprint density at radius 1 is 1.00 bits per heavy atom. The van der Waals surface area contributed by atoms with Crippen LogP contribution in [0.2, 0.25) is 0 Å². The van der Waals surface area contributed by atoms with E-state index in [1.54, 1.807) is 0 Å². The van der Waals surface area contributed by atoms with Crippen LogP contribution in [0.25, 0.3) is 0 Å². The first-order valence-electron chi connectivity index (χ1n) is 7.01. The molecule has 1 aromatic rings. The molecule has 0 heterocycles. The normalized spacial score (nSPS) is 12.6. The maximum absolute atomic E-state index is 9.39. The fourth-order valence-corrected chi connectivity index (χ4v) is 2.24. The van der Waals surface area contributed by atoms with Crippen molar-refractivity contribution in [3.8, 4) is 0 Å². The van der Waals surface area contributed by atoms with Crippen molar-refractivity contribution in [2.75, 3.05) is 6.61 Å². The second-order valence-corrected chi connectivity index (χ2v) is 4.94. The Kier molecular flexibility index (Phi) is 7.74. The largest absolute Gasteiger partial charge is 0.396 e. The van der Waals surface area contributed by atoms with E-state index >= 15 is 0 Å². The number of aliphatic hydroxyl groups is 1. The lowest BCUT2D eigenvalue weighted by molar-refractivity contribution is 0.214. The first-order chi connectivity index (χ1) is 8.36. The van der Waals surface area contributed by atoms with Gasteiger partial charge in [-0.05, 0) is 24.3 Å². The molecular weight excluding hydrogens is 208 g/mol. The number of hydrogen-bond donors (Lipinski definition) is 1. The molecule has 0 spiro atoms. The quantitative estimate of drug-likeness (QED) is 0.635. The van der Waals surface area contributed by atoms with E-state index in [0.29, 0.717) is 12.5 Å². The highest BCUT2D eigenvalue weighted by Crippen LogP contribution is 2.16. The number of unbranched alkanes of at least 4 members (excludes halogenated alkanes) is 4. The topological polar surface area (TPSA) is 20.2 Å². The van der Waals surface area contributed by atoms with Gasteiger partial charge in [-0.25, -0.2) is 0 Å². The molecule has 0 fully saturated rings. The lowest BCUT2D eigenvalue weighted by Gasteiger charge is -2.13. The molecule has 0 saturated carbocycles. The average Bonchev–Trinajstić information content (AvgIpc) is 2.38. The SMILES string of the molecule is CCCCCCC[C@H](CO)Cc1ccccc1. The molecule has 17 heavy (non-hydrogen) atoms. The van der Waals surface area contributed by atoms with Crippen molar-refractivity contribution in [3.63, 3.8) is 0 Å². The van der Waals surface area contributed by atoms with Gasteiger partial charge >= 0.3 is 0 Å². The third-order valence-electron chi connectivity index (χ3n) is 3.34. The van der Waals surface area contributed by atoms with Crippen LogP contribution in [0, 0.1) is 5.92 Å². The summed E-state index contributed by atoms with van der Waals surface area (Å²) in [6, 6.07) is 10.5. The van der Waals surface area contributed by atoms with Crippen LogP contribution in [-0.2, 0) is 6.42 Å². The van der Waals surface area contributed by atoms with E-state index in [0.717, 1.165) is 12.8 Å². The van der Waals surface area contributed by atoms with E-state index in [9.17, 15) is 5.11 Å². The zero-order valence-corrected chi connectivity index (χ0v) is 11.1. The van der Waals surface area contributed by atoms with Crippen molar-refractivity contribution < 1.29 is 5.11 Å².